The molecule has 1 aromatic rings. The molecule has 0 amide bonds. The molecule has 1 unspecified atom stereocenters. The van der Waals surface area contributed by atoms with Crippen LogP contribution in [0.5, 0.6) is 0 Å². The summed E-state index contributed by atoms with van der Waals surface area (Å²) in [5, 5.41) is 0. The zero-order valence-electron chi connectivity index (χ0n) is 12.4. The summed E-state index contributed by atoms with van der Waals surface area (Å²) in [5.74, 6) is 0.674. The summed E-state index contributed by atoms with van der Waals surface area (Å²) in [7, 11) is 0. The molecule has 2 aliphatic rings. The molecule has 0 aromatic heterocycles. The zero-order valence-corrected chi connectivity index (χ0v) is 12.4. The zero-order chi connectivity index (χ0) is 14.2. The van der Waals surface area contributed by atoms with E-state index in [1.807, 2.05) is 6.92 Å². The third-order valence-corrected chi connectivity index (χ3v) is 5.37. The van der Waals surface area contributed by atoms with Gasteiger partial charge in [0.1, 0.15) is 12.0 Å². The summed E-state index contributed by atoms with van der Waals surface area (Å²) >= 11 is 0. The van der Waals surface area contributed by atoms with Crippen molar-refractivity contribution in [1.82, 2.24) is 0 Å². The minimum absolute atomic E-state index is 0.0254. The van der Waals surface area contributed by atoms with Gasteiger partial charge in [0, 0.05) is 17.9 Å². The summed E-state index contributed by atoms with van der Waals surface area (Å²) in [4.78, 5) is 12.1. The fourth-order valence-electron chi connectivity index (χ4n) is 4.18. The van der Waals surface area contributed by atoms with Gasteiger partial charge >= 0.3 is 5.97 Å². The van der Waals surface area contributed by atoms with Crippen molar-refractivity contribution in [1.29, 1.82) is 0 Å². The lowest BCUT2D eigenvalue weighted by Gasteiger charge is -2.39. The molecule has 3 heteroatoms. The van der Waals surface area contributed by atoms with Crippen LogP contribution in [0.25, 0.3) is 0 Å². The van der Waals surface area contributed by atoms with E-state index in [0.29, 0.717) is 18.6 Å². The lowest BCUT2D eigenvalue weighted by atomic mass is 9.92. The van der Waals surface area contributed by atoms with Gasteiger partial charge in [0.15, 0.2) is 0 Å². The molecule has 4 atom stereocenters. The van der Waals surface area contributed by atoms with Crippen molar-refractivity contribution < 1.29 is 14.0 Å². The summed E-state index contributed by atoms with van der Waals surface area (Å²) in [5.41, 5.74) is 1.39. The first kappa shape index (κ1) is 13.6. The summed E-state index contributed by atoms with van der Waals surface area (Å²) in [6.07, 6.45) is 1.17. The first-order valence-corrected chi connectivity index (χ1v) is 7.73. The van der Waals surface area contributed by atoms with E-state index in [2.05, 4.69) is 37.3 Å². The normalized spacial score (nSPS) is 33.1. The number of carbonyl (C=O) groups is 1. The molecule has 0 spiro atoms. The fourth-order valence-corrected chi connectivity index (χ4v) is 4.18. The monoisotopic (exact) mass is 274 g/mol. The van der Waals surface area contributed by atoms with E-state index in [1.165, 1.54) is 18.5 Å². The van der Waals surface area contributed by atoms with Gasteiger partial charge in [-0.05, 0) is 13.8 Å². The molecular weight excluding hydrogens is 250 g/mol. The number of ether oxygens (including phenoxy) is 1. The van der Waals surface area contributed by atoms with Gasteiger partial charge in [-0.1, -0.05) is 30.3 Å². The molecule has 3 nitrogen and oxygen atoms in total. The molecule has 1 aromatic carbocycles. The van der Waals surface area contributed by atoms with Gasteiger partial charge in [-0.2, -0.15) is 0 Å². The predicted molar refractivity (Wildman–Crippen MR) is 77.9 cm³/mol. The van der Waals surface area contributed by atoms with Crippen molar-refractivity contribution >= 4 is 5.97 Å². The van der Waals surface area contributed by atoms with Gasteiger partial charge < -0.3 is 9.22 Å². The summed E-state index contributed by atoms with van der Waals surface area (Å²) in [6, 6.07) is 11.2. The van der Waals surface area contributed by atoms with Gasteiger partial charge in [-0.3, -0.25) is 4.79 Å². The van der Waals surface area contributed by atoms with E-state index in [4.69, 9.17) is 4.74 Å². The van der Waals surface area contributed by atoms with Crippen LogP contribution in [0.3, 0.4) is 0 Å². The van der Waals surface area contributed by atoms with E-state index < -0.39 is 0 Å². The average Bonchev–Trinajstić information content (AvgIpc) is 3.07. The maximum absolute atomic E-state index is 12.1. The van der Waals surface area contributed by atoms with Crippen molar-refractivity contribution in [3.63, 3.8) is 0 Å². The van der Waals surface area contributed by atoms with Gasteiger partial charge in [0.05, 0.1) is 26.2 Å². The number of esters is 1. The lowest BCUT2D eigenvalue weighted by molar-refractivity contribution is -0.938. The van der Waals surface area contributed by atoms with Crippen molar-refractivity contribution in [3.8, 4) is 0 Å². The molecule has 20 heavy (non-hydrogen) atoms. The number of hydrogen-bond donors (Lipinski definition) is 0. The molecule has 108 valence electrons. The highest BCUT2D eigenvalue weighted by Crippen LogP contribution is 2.46. The van der Waals surface area contributed by atoms with E-state index >= 15 is 0 Å². The lowest BCUT2D eigenvalue weighted by Crippen LogP contribution is -2.48. The number of hydrogen-bond acceptors (Lipinski definition) is 2. The minimum Gasteiger partial charge on any atom is -0.466 e. The van der Waals surface area contributed by atoms with Crippen LogP contribution >= 0.6 is 0 Å². The Bertz CT molecular complexity index is 487. The number of benzene rings is 1. The van der Waals surface area contributed by atoms with Crippen molar-refractivity contribution in [3.05, 3.63) is 35.9 Å². The maximum atomic E-state index is 12.1. The molecule has 2 heterocycles. The van der Waals surface area contributed by atoms with Crippen LogP contribution in [-0.4, -0.2) is 36.7 Å². The maximum Gasteiger partial charge on any atom is 0.315 e. The van der Waals surface area contributed by atoms with Crippen LogP contribution in [0, 0.1) is 11.8 Å². The molecule has 2 bridgehead atoms. The van der Waals surface area contributed by atoms with Crippen LogP contribution in [0.2, 0.25) is 0 Å². The SMILES string of the molecule is CCOC(=O)[C@@H]1C[N+]2([C@@H](C)c3ccccc3)CC[C@H]1C2. The molecule has 0 N–H and O–H groups in total. The van der Waals surface area contributed by atoms with Crippen LogP contribution in [0.1, 0.15) is 31.9 Å². The largest absolute Gasteiger partial charge is 0.466 e. The highest BCUT2D eigenvalue weighted by Gasteiger charge is 2.56. The molecule has 2 saturated heterocycles. The molecular formula is C17H24NO2+. The van der Waals surface area contributed by atoms with E-state index in [1.54, 1.807) is 0 Å². The second kappa shape index (κ2) is 5.21. The van der Waals surface area contributed by atoms with Gasteiger partial charge in [-0.25, -0.2) is 0 Å². The molecule has 3 rings (SSSR count). The highest BCUT2D eigenvalue weighted by atomic mass is 16.5. The topological polar surface area (TPSA) is 26.3 Å². The minimum atomic E-state index is 0.0254. The Balaban J connectivity index is 1.79. The molecule has 2 aliphatic heterocycles. The Kier molecular flexibility index (Phi) is 3.55. The number of nitrogens with zero attached hydrogens (tertiary/aromatic N) is 1. The highest BCUT2D eigenvalue weighted by molar-refractivity contribution is 5.73. The number of rotatable bonds is 4. The Morgan fingerprint density at radius 2 is 2.10 bits per heavy atom. The summed E-state index contributed by atoms with van der Waals surface area (Å²) in [6.45, 7) is 8.00. The standard InChI is InChI=1S/C17H24NO2/c1-3-20-17(19)16-12-18(10-9-15(16)11-18)13(2)14-7-5-4-6-8-14/h4-8,13,15-16H,3,9-12H2,1-2H3/q+1/t13-,15-,16+,18?/m0/s1. The fraction of sp³-hybridized carbons (Fsp3) is 0.588. The predicted octanol–water partition coefficient (Wildman–Crippen LogP) is 2.78. The van der Waals surface area contributed by atoms with Crippen molar-refractivity contribution in [2.75, 3.05) is 26.2 Å². The number of fused-ring (bicyclic) bond motifs is 2. The van der Waals surface area contributed by atoms with Crippen LogP contribution in [-0.2, 0) is 9.53 Å². The van der Waals surface area contributed by atoms with E-state index in [-0.39, 0.29) is 11.9 Å². The smallest absolute Gasteiger partial charge is 0.315 e. The number of piperidine rings is 1. The second-order valence-corrected chi connectivity index (χ2v) is 6.30. The van der Waals surface area contributed by atoms with Crippen LogP contribution in [0.4, 0.5) is 0 Å². The third-order valence-electron chi connectivity index (χ3n) is 5.37. The molecule has 2 fully saturated rings. The number of carbonyl (C=O) groups excluding carboxylic acids is 1. The van der Waals surface area contributed by atoms with Crippen LogP contribution < -0.4 is 0 Å². The first-order chi connectivity index (χ1) is 9.66. The Morgan fingerprint density at radius 1 is 1.35 bits per heavy atom. The first-order valence-electron chi connectivity index (χ1n) is 7.73. The van der Waals surface area contributed by atoms with Crippen molar-refractivity contribution in [2.45, 2.75) is 26.3 Å². The van der Waals surface area contributed by atoms with Gasteiger partial charge in [-0.15, -0.1) is 0 Å². The Hall–Kier alpha value is -1.35. The average molecular weight is 274 g/mol. The summed E-state index contributed by atoms with van der Waals surface area (Å²) < 4.78 is 6.33. The van der Waals surface area contributed by atoms with E-state index in [9.17, 15) is 4.79 Å². The quantitative estimate of drug-likeness (QED) is 0.623. The van der Waals surface area contributed by atoms with E-state index in [0.717, 1.165) is 17.6 Å². The molecule has 0 radical (unpaired) electrons. The number of quaternary nitrogens is 1. The molecule has 0 saturated carbocycles. The Morgan fingerprint density at radius 3 is 2.80 bits per heavy atom. The third kappa shape index (κ3) is 2.14. The molecule has 0 aliphatic carbocycles. The second-order valence-electron chi connectivity index (χ2n) is 6.30. The Labute approximate surface area is 121 Å². The van der Waals surface area contributed by atoms with Crippen LogP contribution in [0.15, 0.2) is 30.3 Å². The van der Waals surface area contributed by atoms with Gasteiger partial charge in [0.25, 0.3) is 0 Å². The van der Waals surface area contributed by atoms with Crippen molar-refractivity contribution in [2.24, 2.45) is 11.8 Å². The van der Waals surface area contributed by atoms with Gasteiger partial charge in [0.2, 0.25) is 0 Å².